The Morgan fingerprint density at radius 1 is 0.950 bits per heavy atom. The summed E-state index contributed by atoms with van der Waals surface area (Å²) in [5.41, 5.74) is 5.74. The van der Waals surface area contributed by atoms with Crippen molar-refractivity contribution in [1.82, 2.24) is 10.4 Å². The molecule has 0 aliphatic carbocycles. The third kappa shape index (κ3) is 5.74. The minimum atomic E-state index is -0.792. The van der Waals surface area contributed by atoms with Crippen molar-refractivity contribution in [3.05, 3.63) is 118 Å². The van der Waals surface area contributed by atoms with E-state index in [1.54, 1.807) is 55.6 Å². The van der Waals surface area contributed by atoms with E-state index in [2.05, 4.69) is 26.7 Å². The molecule has 0 aromatic heterocycles. The summed E-state index contributed by atoms with van der Waals surface area (Å²) in [7, 11) is 1.57. The average molecular weight is 602 g/mol. The molecule has 4 aromatic carbocycles. The summed E-state index contributed by atoms with van der Waals surface area (Å²) in [6, 6.07) is 27.4. The van der Waals surface area contributed by atoms with E-state index < -0.39 is 12.1 Å². The molecule has 1 aliphatic heterocycles. The van der Waals surface area contributed by atoms with E-state index in [1.807, 2.05) is 49.4 Å². The van der Waals surface area contributed by atoms with Crippen molar-refractivity contribution in [2.75, 3.05) is 19.0 Å². The summed E-state index contributed by atoms with van der Waals surface area (Å²) in [5.74, 6) is 0.655. The van der Waals surface area contributed by atoms with Crippen molar-refractivity contribution >= 4 is 33.4 Å². The molecule has 1 atom stereocenters. The Kier molecular flexibility index (Phi) is 8.21. The van der Waals surface area contributed by atoms with E-state index in [-0.39, 0.29) is 5.91 Å². The maximum Gasteiger partial charge on any atom is 0.276 e. The molecule has 1 heterocycles. The molecule has 0 saturated carbocycles. The fourth-order valence-electron chi connectivity index (χ4n) is 4.45. The highest BCUT2D eigenvalue weighted by Crippen LogP contribution is 2.38. The molecule has 2 amide bonds. The Labute approximate surface area is 241 Å². The van der Waals surface area contributed by atoms with Gasteiger partial charge in [-0.25, -0.2) is 5.01 Å². The van der Waals surface area contributed by atoms with Crippen LogP contribution in [0.25, 0.3) is 0 Å². The maximum atomic E-state index is 13.9. The smallest absolute Gasteiger partial charge is 0.276 e. The van der Waals surface area contributed by atoms with E-state index in [0.717, 1.165) is 10.0 Å². The number of hydrogen-bond acceptors (Lipinski definition) is 6. The average Bonchev–Trinajstić information content (AvgIpc) is 2.98. The third-order valence-corrected chi connectivity index (χ3v) is 6.88. The number of nitrogens with zero attached hydrogens (tertiary/aromatic N) is 1. The lowest BCUT2D eigenvalue weighted by atomic mass is 10.0. The van der Waals surface area contributed by atoms with E-state index in [0.29, 0.717) is 52.8 Å². The molecular weight excluding hydrogens is 574 g/mol. The zero-order valence-electron chi connectivity index (χ0n) is 22.0. The Morgan fingerprint density at radius 2 is 1.73 bits per heavy atom. The van der Waals surface area contributed by atoms with Gasteiger partial charge in [0.15, 0.2) is 6.17 Å². The second-order valence-corrected chi connectivity index (χ2v) is 9.88. The van der Waals surface area contributed by atoms with Gasteiger partial charge in [0.1, 0.15) is 23.9 Å². The van der Waals surface area contributed by atoms with Gasteiger partial charge in [-0.15, -0.1) is 0 Å². The monoisotopic (exact) mass is 601 g/mol. The molecule has 0 unspecified atom stereocenters. The number of rotatable bonds is 9. The Hall–Kier alpha value is -4.50. The van der Waals surface area contributed by atoms with E-state index in [9.17, 15) is 9.59 Å². The predicted octanol–water partition coefficient (Wildman–Crippen LogP) is 6.35. The van der Waals surface area contributed by atoms with E-state index >= 15 is 0 Å². The zero-order valence-corrected chi connectivity index (χ0v) is 23.6. The van der Waals surface area contributed by atoms with Crippen LogP contribution in [0.3, 0.4) is 0 Å². The van der Waals surface area contributed by atoms with Gasteiger partial charge in [0.05, 0.1) is 24.8 Å². The summed E-state index contributed by atoms with van der Waals surface area (Å²) in [6.07, 6.45) is -0.792. The number of amides is 2. The largest absolute Gasteiger partial charge is 0.497 e. The predicted molar refractivity (Wildman–Crippen MR) is 156 cm³/mol. The SMILES string of the molecule is CCOc1ccc(OC)cc1[C@@H]1Nc2ccc(Br)cc2C(=O)N1NC(=O)c1ccccc1OCc1ccccc1. The van der Waals surface area contributed by atoms with Crippen molar-refractivity contribution in [3.8, 4) is 17.2 Å². The van der Waals surface area contributed by atoms with Gasteiger partial charge in [0.25, 0.3) is 11.8 Å². The number of halogens is 1. The van der Waals surface area contributed by atoms with Crippen LogP contribution < -0.4 is 25.0 Å². The van der Waals surface area contributed by atoms with Crippen LogP contribution in [0.2, 0.25) is 0 Å². The molecule has 0 radical (unpaired) electrons. The van der Waals surface area contributed by atoms with Crippen LogP contribution in [0.4, 0.5) is 5.69 Å². The highest BCUT2D eigenvalue weighted by molar-refractivity contribution is 9.10. The van der Waals surface area contributed by atoms with Crippen molar-refractivity contribution < 1.29 is 23.8 Å². The number of para-hydroxylation sites is 1. The number of carbonyl (C=O) groups is 2. The Balaban J connectivity index is 1.50. The number of ether oxygens (including phenoxy) is 3. The molecule has 204 valence electrons. The normalized spacial score (nSPS) is 14.1. The molecular formula is C31H28BrN3O5. The quantitative estimate of drug-likeness (QED) is 0.232. The van der Waals surface area contributed by atoms with Gasteiger partial charge in [-0.3, -0.25) is 15.0 Å². The zero-order chi connectivity index (χ0) is 28.1. The van der Waals surface area contributed by atoms with Crippen molar-refractivity contribution in [2.24, 2.45) is 0 Å². The number of benzene rings is 4. The number of hydrazine groups is 1. The highest BCUT2D eigenvalue weighted by atomic mass is 79.9. The van der Waals surface area contributed by atoms with Crippen LogP contribution in [0, 0.1) is 0 Å². The number of carbonyl (C=O) groups excluding carboxylic acids is 2. The fourth-order valence-corrected chi connectivity index (χ4v) is 4.81. The molecule has 40 heavy (non-hydrogen) atoms. The van der Waals surface area contributed by atoms with E-state index in [4.69, 9.17) is 14.2 Å². The molecule has 2 N–H and O–H groups in total. The van der Waals surface area contributed by atoms with Gasteiger partial charge in [0, 0.05) is 15.7 Å². The molecule has 1 aliphatic rings. The Morgan fingerprint density at radius 3 is 2.50 bits per heavy atom. The number of anilines is 1. The molecule has 9 heteroatoms. The second kappa shape index (κ2) is 12.1. The van der Waals surface area contributed by atoms with Crippen LogP contribution in [-0.2, 0) is 6.61 Å². The summed E-state index contributed by atoms with van der Waals surface area (Å²) in [4.78, 5) is 27.6. The molecule has 0 bridgehead atoms. The first-order valence-corrected chi connectivity index (χ1v) is 13.5. The van der Waals surface area contributed by atoms with Gasteiger partial charge in [-0.2, -0.15) is 0 Å². The Bertz CT molecular complexity index is 1530. The van der Waals surface area contributed by atoms with Gasteiger partial charge in [0.2, 0.25) is 0 Å². The van der Waals surface area contributed by atoms with Crippen molar-refractivity contribution in [2.45, 2.75) is 19.7 Å². The summed E-state index contributed by atoms with van der Waals surface area (Å²) in [5, 5.41) is 4.67. The van der Waals surface area contributed by atoms with Crippen LogP contribution in [0.5, 0.6) is 17.2 Å². The molecule has 0 saturated heterocycles. The van der Waals surface area contributed by atoms with Crippen molar-refractivity contribution in [3.63, 3.8) is 0 Å². The standard InChI is InChI=1S/C31H28BrN3O5/c1-3-39-28-16-14-22(38-2)18-25(28)29-33-26-15-13-21(32)17-24(26)31(37)35(29)34-30(36)23-11-7-8-12-27(23)40-19-20-9-5-4-6-10-20/h4-18,29,33H,3,19H2,1-2H3,(H,34,36)/t29-/m1/s1. The summed E-state index contributed by atoms with van der Waals surface area (Å²) < 4.78 is 18.1. The highest BCUT2D eigenvalue weighted by Gasteiger charge is 2.37. The topological polar surface area (TPSA) is 89.1 Å². The van der Waals surface area contributed by atoms with E-state index in [1.165, 1.54) is 5.01 Å². The first-order chi connectivity index (χ1) is 19.5. The van der Waals surface area contributed by atoms with Crippen LogP contribution in [0.15, 0.2) is 95.5 Å². The molecule has 8 nitrogen and oxygen atoms in total. The molecule has 0 fully saturated rings. The molecule has 4 aromatic rings. The number of fused-ring (bicyclic) bond motifs is 1. The molecule has 5 rings (SSSR count). The van der Waals surface area contributed by atoms with Crippen LogP contribution in [-0.4, -0.2) is 30.5 Å². The van der Waals surface area contributed by atoms with Crippen LogP contribution in [0.1, 0.15) is 44.9 Å². The first-order valence-electron chi connectivity index (χ1n) is 12.8. The minimum Gasteiger partial charge on any atom is -0.497 e. The first kappa shape index (κ1) is 27.1. The fraction of sp³-hybridized carbons (Fsp3) is 0.161. The van der Waals surface area contributed by atoms with Gasteiger partial charge >= 0.3 is 0 Å². The lowest BCUT2D eigenvalue weighted by Gasteiger charge is -2.38. The molecule has 0 spiro atoms. The van der Waals surface area contributed by atoms with Crippen LogP contribution >= 0.6 is 15.9 Å². The lowest BCUT2D eigenvalue weighted by Crippen LogP contribution is -2.53. The van der Waals surface area contributed by atoms with Gasteiger partial charge < -0.3 is 19.5 Å². The number of methoxy groups -OCH3 is 1. The maximum absolute atomic E-state index is 13.9. The number of hydrogen-bond donors (Lipinski definition) is 2. The van der Waals surface area contributed by atoms with Gasteiger partial charge in [-0.1, -0.05) is 58.4 Å². The second-order valence-electron chi connectivity index (χ2n) is 8.96. The van der Waals surface area contributed by atoms with Crippen molar-refractivity contribution in [1.29, 1.82) is 0 Å². The third-order valence-electron chi connectivity index (χ3n) is 6.38. The summed E-state index contributed by atoms with van der Waals surface area (Å²) >= 11 is 3.44. The lowest BCUT2D eigenvalue weighted by molar-refractivity contribution is 0.0486. The number of nitrogens with one attached hydrogen (secondary N) is 2. The minimum absolute atomic E-state index is 0.292. The van der Waals surface area contributed by atoms with Gasteiger partial charge in [-0.05, 0) is 61.0 Å². The summed E-state index contributed by atoms with van der Waals surface area (Å²) in [6.45, 7) is 2.59.